The minimum absolute atomic E-state index is 0.507. The van der Waals surface area contributed by atoms with E-state index < -0.39 is 8.07 Å². The lowest BCUT2D eigenvalue weighted by Gasteiger charge is -2.24. The number of hydrogen-bond acceptors (Lipinski definition) is 1. The number of aryl methyl sites for hydroxylation is 3. The molecule has 0 radical (unpaired) electrons. The molecule has 2 aromatic rings. The van der Waals surface area contributed by atoms with E-state index in [-0.39, 0.29) is 0 Å². The molecular weight excluding hydrogens is 332 g/mol. The SMILES string of the molecule is CCCCc1cc(CC[Si](C)(C)c2ccccc2)c(CCCC)cc1O. The first-order valence-electron chi connectivity index (χ1n) is 10.4. The molecule has 0 saturated carbocycles. The molecule has 0 heterocycles. The zero-order valence-electron chi connectivity index (χ0n) is 17.1. The Kier molecular flexibility index (Phi) is 7.96. The van der Waals surface area contributed by atoms with E-state index in [2.05, 4.69) is 69.4 Å². The van der Waals surface area contributed by atoms with E-state index in [0.29, 0.717) is 5.75 Å². The monoisotopic (exact) mass is 368 g/mol. The average molecular weight is 369 g/mol. The van der Waals surface area contributed by atoms with Crippen molar-refractivity contribution in [3.8, 4) is 5.75 Å². The third kappa shape index (κ3) is 5.74. The van der Waals surface area contributed by atoms with Crippen LogP contribution in [0.25, 0.3) is 0 Å². The smallest absolute Gasteiger partial charge is 0.119 e. The van der Waals surface area contributed by atoms with Crippen molar-refractivity contribution >= 4 is 13.3 Å². The maximum Gasteiger partial charge on any atom is 0.119 e. The van der Waals surface area contributed by atoms with E-state index in [1.165, 1.54) is 36.4 Å². The van der Waals surface area contributed by atoms with Crippen LogP contribution in [0.2, 0.25) is 19.1 Å². The predicted octanol–water partition coefficient (Wildman–Crippen LogP) is 6.24. The first-order chi connectivity index (χ1) is 12.5. The van der Waals surface area contributed by atoms with Gasteiger partial charge in [0, 0.05) is 0 Å². The standard InChI is InChI=1S/C24H36OSi/c1-5-7-12-20-19-24(25)22(13-8-6-2)18-21(20)16-17-26(3,4)23-14-10-9-11-15-23/h9-11,14-15,18-19,25H,5-8,12-13,16-17H2,1-4H3. The second-order valence-corrected chi connectivity index (χ2v) is 13.1. The summed E-state index contributed by atoms with van der Waals surface area (Å²) in [6, 6.07) is 16.7. The van der Waals surface area contributed by atoms with Gasteiger partial charge in [-0.2, -0.15) is 0 Å². The van der Waals surface area contributed by atoms with Crippen LogP contribution in [0.1, 0.15) is 56.2 Å². The topological polar surface area (TPSA) is 20.2 Å². The fourth-order valence-electron chi connectivity index (χ4n) is 3.61. The lowest BCUT2D eigenvalue weighted by atomic mass is 9.95. The van der Waals surface area contributed by atoms with Gasteiger partial charge in [0.05, 0.1) is 8.07 Å². The Balaban J connectivity index is 2.21. The first kappa shape index (κ1) is 20.8. The predicted molar refractivity (Wildman–Crippen MR) is 117 cm³/mol. The van der Waals surface area contributed by atoms with Crippen LogP contribution in [0.3, 0.4) is 0 Å². The van der Waals surface area contributed by atoms with Crippen LogP contribution < -0.4 is 5.19 Å². The molecule has 2 heteroatoms. The summed E-state index contributed by atoms with van der Waals surface area (Å²) in [5, 5.41) is 12.0. The molecule has 0 spiro atoms. The second kappa shape index (κ2) is 9.96. The average Bonchev–Trinajstić information content (AvgIpc) is 2.65. The summed E-state index contributed by atoms with van der Waals surface area (Å²) in [7, 11) is -1.44. The molecule has 0 amide bonds. The van der Waals surface area contributed by atoms with Gasteiger partial charge < -0.3 is 5.11 Å². The first-order valence-corrected chi connectivity index (χ1v) is 13.6. The van der Waals surface area contributed by atoms with E-state index in [9.17, 15) is 5.11 Å². The van der Waals surface area contributed by atoms with Crippen LogP contribution in [0, 0.1) is 0 Å². The largest absolute Gasteiger partial charge is 0.508 e. The summed E-state index contributed by atoms with van der Waals surface area (Å²) in [6.07, 6.45) is 7.91. The molecule has 2 rings (SSSR count). The highest BCUT2D eigenvalue weighted by atomic mass is 28.3. The molecule has 26 heavy (non-hydrogen) atoms. The highest BCUT2D eigenvalue weighted by molar-refractivity contribution is 6.89. The third-order valence-electron chi connectivity index (χ3n) is 5.57. The van der Waals surface area contributed by atoms with Gasteiger partial charge in [-0.15, -0.1) is 0 Å². The summed E-state index contributed by atoms with van der Waals surface area (Å²) in [5.41, 5.74) is 3.97. The molecule has 0 aliphatic rings. The van der Waals surface area contributed by atoms with Gasteiger partial charge in [-0.05, 0) is 60.9 Å². The Labute approximate surface area is 161 Å². The quantitative estimate of drug-likeness (QED) is 0.492. The number of unbranched alkanes of at least 4 members (excludes halogenated alkanes) is 2. The Bertz CT molecular complexity index is 676. The van der Waals surface area contributed by atoms with Crippen molar-refractivity contribution in [3.63, 3.8) is 0 Å². The minimum Gasteiger partial charge on any atom is -0.508 e. The molecule has 0 bridgehead atoms. The van der Waals surface area contributed by atoms with E-state index in [0.717, 1.165) is 31.2 Å². The van der Waals surface area contributed by atoms with Crippen molar-refractivity contribution in [1.82, 2.24) is 0 Å². The van der Waals surface area contributed by atoms with Crippen LogP contribution in [-0.2, 0) is 19.3 Å². The van der Waals surface area contributed by atoms with E-state index in [4.69, 9.17) is 0 Å². The molecule has 0 aliphatic heterocycles. The Morgan fingerprint density at radius 3 is 1.96 bits per heavy atom. The van der Waals surface area contributed by atoms with E-state index >= 15 is 0 Å². The van der Waals surface area contributed by atoms with E-state index in [1.807, 2.05) is 0 Å². The highest BCUT2D eigenvalue weighted by Gasteiger charge is 2.23. The zero-order chi connectivity index (χ0) is 19.0. The van der Waals surface area contributed by atoms with Crippen LogP contribution in [0.4, 0.5) is 0 Å². The molecule has 0 unspecified atom stereocenters. The Morgan fingerprint density at radius 1 is 0.769 bits per heavy atom. The fourth-order valence-corrected chi connectivity index (χ4v) is 5.89. The van der Waals surface area contributed by atoms with Crippen molar-refractivity contribution in [2.24, 2.45) is 0 Å². The lowest BCUT2D eigenvalue weighted by molar-refractivity contribution is 0.465. The van der Waals surface area contributed by atoms with Gasteiger partial charge in [-0.3, -0.25) is 0 Å². The van der Waals surface area contributed by atoms with Gasteiger partial charge in [0.25, 0.3) is 0 Å². The molecule has 0 aliphatic carbocycles. The number of hydrogen-bond donors (Lipinski definition) is 1. The fraction of sp³-hybridized carbons (Fsp3) is 0.500. The summed E-state index contributed by atoms with van der Waals surface area (Å²) >= 11 is 0. The van der Waals surface area contributed by atoms with Crippen molar-refractivity contribution < 1.29 is 5.11 Å². The number of aromatic hydroxyl groups is 1. The summed E-state index contributed by atoms with van der Waals surface area (Å²) < 4.78 is 0. The van der Waals surface area contributed by atoms with Gasteiger partial charge >= 0.3 is 0 Å². The van der Waals surface area contributed by atoms with Crippen LogP contribution in [0.5, 0.6) is 5.75 Å². The van der Waals surface area contributed by atoms with Crippen molar-refractivity contribution in [2.45, 2.75) is 77.9 Å². The highest BCUT2D eigenvalue weighted by Crippen LogP contribution is 2.28. The number of phenolic OH excluding ortho intramolecular Hbond substituents is 1. The summed E-state index contributed by atoms with van der Waals surface area (Å²) in [5.74, 6) is 0.507. The van der Waals surface area contributed by atoms with Gasteiger partial charge in [0.2, 0.25) is 0 Å². The molecular formula is C24H36OSi. The Hall–Kier alpha value is -1.54. The number of phenols is 1. The number of benzene rings is 2. The molecule has 142 valence electrons. The molecule has 1 N–H and O–H groups in total. The zero-order valence-corrected chi connectivity index (χ0v) is 18.1. The van der Waals surface area contributed by atoms with Gasteiger partial charge in [0.15, 0.2) is 0 Å². The second-order valence-electron chi connectivity index (χ2n) is 8.21. The summed E-state index contributed by atoms with van der Waals surface area (Å²) in [6.45, 7) is 9.40. The molecule has 0 saturated heterocycles. The molecule has 0 fully saturated rings. The molecule has 0 atom stereocenters. The normalized spacial score (nSPS) is 11.7. The molecule has 0 aromatic heterocycles. The van der Waals surface area contributed by atoms with Crippen LogP contribution in [-0.4, -0.2) is 13.2 Å². The van der Waals surface area contributed by atoms with E-state index in [1.54, 1.807) is 5.19 Å². The number of rotatable bonds is 10. The van der Waals surface area contributed by atoms with Gasteiger partial charge in [0.1, 0.15) is 5.75 Å². The Morgan fingerprint density at radius 2 is 1.35 bits per heavy atom. The van der Waals surface area contributed by atoms with Crippen molar-refractivity contribution in [1.29, 1.82) is 0 Å². The van der Waals surface area contributed by atoms with Gasteiger partial charge in [-0.25, -0.2) is 0 Å². The van der Waals surface area contributed by atoms with Crippen LogP contribution in [0.15, 0.2) is 42.5 Å². The maximum absolute atomic E-state index is 10.5. The summed E-state index contributed by atoms with van der Waals surface area (Å²) in [4.78, 5) is 0. The van der Waals surface area contributed by atoms with Crippen LogP contribution >= 0.6 is 0 Å². The third-order valence-corrected chi connectivity index (χ3v) is 8.97. The van der Waals surface area contributed by atoms with Crippen molar-refractivity contribution in [2.75, 3.05) is 0 Å². The lowest BCUT2D eigenvalue weighted by Crippen LogP contribution is -2.41. The molecule has 2 aromatic carbocycles. The molecule has 1 nitrogen and oxygen atoms in total. The van der Waals surface area contributed by atoms with Gasteiger partial charge in [-0.1, -0.05) is 81.4 Å². The maximum atomic E-state index is 10.5. The minimum atomic E-state index is -1.44. The van der Waals surface area contributed by atoms with Crippen molar-refractivity contribution in [3.05, 3.63) is 59.2 Å².